The molecule has 0 radical (unpaired) electrons. The van der Waals surface area contributed by atoms with Gasteiger partial charge in [0.1, 0.15) is 0 Å². The molecule has 1 heterocycles. The first-order valence-electron chi connectivity index (χ1n) is 8.54. The summed E-state index contributed by atoms with van der Waals surface area (Å²) in [4.78, 5) is 29.9. The zero-order valence-electron chi connectivity index (χ0n) is 15.4. The maximum absolute atomic E-state index is 13.1. The van der Waals surface area contributed by atoms with E-state index in [1.807, 2.05) is 81.4 Å². The largest absolute Gasteiger partial charge is 0.378 e. The highest BCUT2D eigenvalue weighted by atomic mass is 32.2. The zero-order chi connectivity index (χ0) is 18.8. The van der Waals surface area contributed by atoms with Crippen molar-refractivity contribution in [2.24, 2.45) is 0 Å². The molecule has 1 aliphatic heterocycles. The van der Waals surface area contributed by atoms with E-state index < -0.39 is 0 Å². The molecule has 0 atom stereocenters. The van der Waals surface area contributed by atoms with E-state index in [-0.39, 0.29) is 11.8 Å². The fourth-order valence-electron chi connectivity index (χ4n) is 2.90. The maximum Gasteiger partial charge on any atom is 0.272 e. The highest BCUT2D eigenvalue weighted by Crippen LogP contribution is 2.38. The molecule has 2 aromatic rings. The number of imide groups is 1. The van der Waals surface area contributed by atoms with Gasteiger partial charge < -0.3 is 4.90 Å². The summed E-state index contributed by atoms with van der Waals surface area (Å²) >= 11 is 1.42. The van der Waals surface area contributed by atoms with Gasteiger partial charge in [0.15, 0.2) is 0 Å². The lowest BCUT2D eigenvalue weighted by atomic mass is 10.0. The van der Waals surface area contributed by atoms with E-state index in [0.29, 0.717) is 16.2 Å². The van der Waals surface area contributed by atoms with E-state index in [9.17, 15) is 9.59 Å². The van der Waals surface area contributed by atoms with Crippen LogP contribution in [0.15, 0.2) is 53.4 Å². The van der Waals surface area contributed by atoms with Gasteiger partial charge in [-0.05, 0) is 42.5 Å². The van der Waals surface area contributed by atoms with E-state index in [1.54, 1.807) is 0 Å². The highest BCUT2D eigenvalue weighted by molar-refractivity contribution is 8.04. The topological polar surface area (TPSA) is 40.6 Å². The third kappa shape index (κ3) is 3.27. The highest BCUT2D eigenvalue weighted by Gasteiger charge is 2.39. The van der Waals surface area contributed by atoms with Crippen LogP contribution in [0.3, 0.4) is 0 Å². The predicted molar refractivity (Wildman–Crippen MR) is 109 cm³/mol. The quantitative estimate of drug-likeness (QED) is 0.747. The van der Waals surface area contributed by atoms with E-state index in [1.165, 1.54) is 16.7 Å². The number of nitrogens with zero attached hydrogens (tertiary/aromatic N) is 2. The van der Waals surface area contributed by atoms with Gasteiger partial charge >= 0.3 is 0 Å². The Bertz CT molecular complexity index is 868. The second kappa shape index (κ2) is 7.38. The lowest BCUT2D eigenvalue weighted by molar-refractivity contribution is -0.119. The Morgan fingerprint density at radius 3 is 2.08 bits per heavy atom. The molecule has 0 unspecified atom stereocenters. The second-order valence-electron chi connectivity index (χ2n) is 6.36. The first-order valence-corrected chi connectivity index (χ1v) is 9.53. The van der Waals surface area contributed by atoms with Gasteiger partial charge in [0, 0.05) is 19.8 Å². The first-order chi connectivity index (χ1) is 12.4. The van der Waals surface area contributed by atoms with Crippen molar-refractivity contribution in [3.05, 3.63) is 64.6 Å². The minimum absolute atomic E-state index is 0.241. The number of aryl methyl sites for hydroxylation is 1. The summed E-state index contributed by atoms with van der Waals surface area (Å²) in [6.45, 7) is 3.98. The molecule has 1 aliphatic rings. The van der Waals surface area contributed by atoms with E-state index in [0.717, 1.165) is 22.6 Å². The fourth-order valence-corrected chi connectivity index (χ4v) is 3.75. The molecule has 0 bridgehead atoms. The summed E-state index contributed by atoms with van der Waals surface area (Å²) < 4.78 is 0. The first kappa shape index (κ1) is 18.3. The van der Waals surface area contributed by atoms with Crippen molar-refractivity contribution in [3.8, 4) is 0 Å². The molecule has 0 N–H and O–H groups in total. The molecule has 2 amide bonds. The number of carbonyl (C=O) groups is 2. The molecule has 4 nitrogen and oxygen atoms in total. The van der Waals surface area contributed by atoms with E-state index in [4.69, 9.17) is 0 Å². The summed E-state index contributed by atoms with van der Waals surface area (Å²) in [5.74, 6) is 0.236. The minimum Gasteiger partial charge on any atom is -0.378 e. The Labute approximate surface area is 158 Å². The van der Waals surface area contributed by atoms with Crippen LogP contribution in [-0.4, -0.2) is 31.7 Å². The monoisotopic (exact) mass is 366 g/mol. The van der Waals surface area contributed by atoms with Gasteiger partial charge in [0.2, 0.25) is 0 Å². The van der Waals surface area contributed by atoms with Crippen LogP contribution in [0.4, 0.5) is 11.4 Å². The molecule has 0 saturated carbocycles. The van der Waals surface area contributed by atoms with Crippen LogP contribution in [0.25, 0.3) is 5.57 Å². The molecule has 3 rings (SSSR count). The summed E-state index contributed by atoms with van der Waals surface area (Å²) in [5.41, 5.74) is 4.02. The van der Waals surface area contributed by atoms with Crippen LogP contribution in [0.2, 0.25) is 0 Å². The number of amides is 2. The molecule has 0 fully saturated rings. The number of thioether (sulfide) groups is 1. The Hall–Kier alpha value is -2.53. The van der Waals surface area contributed by atoms with Crippen molar-refractivity contribution < 1.29 is 9.59 Å². The third-order valence-corrected chi connectivity index (χ3v) is 5.25. The average Bonchev–Trinajstić information content (AvgIpc) is 2.87. The second-order valence-corrected chi connectivity index (χ2v) is 7.63. The molecule has 2 aromatic carbocycles. The lowest BCUT2D eigenvalue weighted by Gasteiger charge is -2.17. The molecule has 0 saturated heterocycles. The van der Waals surface area contributed by atoms with Crippen molar-refractivity contribution in [3.63, 3.8) is 0 Å². The molecule has 5 heteroatoms. The summed E-state index contributed by atoms with van der Waals surface area (Å²) in [5, 5.41) is 0. The average molecular weight is 366 g/mol. The number of carbonyl (C=O) groups excluding carboxylic acids is 2. The third-order valence-electron chi connectivity index (χ3n) is 4.29. The van der Waals surface area contributed by atoms with Crippen molar-refractivity contribution in [2.75, 3.05) is 29.6 Å². The normalized spacial score (nSPS) is 14.4. The van der Waals surface area contributed by atoms with Crippen LogP contribution < -0.4 is 9.80 Å². The number of hydrogen-bond acceptors (Lipinski definition) is 4. The van der Waals surface area contributed by atoms with Crippen LogP contribution in [0, 0.1) is 6.92 Å². The molecule has 134 valence electrons. The molecule has 0 aromatic heterocycles. The number of benzene rings is 2. The smallest absolute Gasteiger partial charge is 0.272 e. The van der Waals surface area contributed by atoms with Gasteiger partial charge in [-0.3, -0.25) is 9.59 Å². The molecule has 0 spiro atoms. The van der Waals surface area contributed by atoms with Gasteiger partial charge in [-0.2, -0.15) is 0 Å². The van der Waals surface area contributed by atoms with Crippen molar-refractivity contribution in [2.45, 2.75) is 13.8 Å². The van der Waals surface area contributed by atoms with Crippen molar-refractivity contribution in [1.29, 1.82) is 0 Å². The molecule has 26 heavy (non-hydrogen) atoms. The Balaban J connectivity index is 2.02. The van der Waals surface area contributed by atoms with Gasteiger partial charge in [-0.15, -0.1) is 11.8 Å². The number of anilines is 2. The van der Waals surface area contributed by atoms with Gasteiger partial charge in [0.05, 0.1) is 16.2 Å². The molecule has 0 aliphatic carbocycles. The van der Waals surface area contributed by atoms with Crippen LogP contribution in [-0.2, 0) is 9.59 Å². The van der Waals surface area contributed by atoms with Gasteiger partial charge in [-0.1, -0.05) is 36.8 Å². The predicted octanol–water partition coefficient (Wildman–Crippen LogP) is 4.10. The number of rotatable bonds is 5. The zero-order valence-corrected chi connectivity index (χ0v) is 16.3. The standard InChI is InChI=1S/C21H22N2O2S/c1-5-26-19-18(15-8-6-14(2)7-9-15)20(24)23(21(19)25)17-12-10-16(11-13-17)22(3)4/h6-13H,5H2,1-4H3. The summed E-state index contributed by atoms with van der Waals surface area (Å²) in [6.07, 6.45) is 0. The molecular weight excluding hydrogens is 344 g/mol. The van der Waals surface area contributed by atoms with Crippen LogP contribution in [0.5, 0.6) is 0 Å². The van der Waals surface area contributed by atoms with Crippen molar-refractivity contribution >= 4 is 40.5 Å². The number of hydrogen-bond donors (Lipinski definition) is 0. The SMILES string of the molecule is CCSC1=C(c2ccc(C)cc2)C(=O)N(c2ccc(N(C)C)cc2)C1=O. The van der Waals surface area contributed by atoms with Crippen LogP contribution in [0.1, 0.15) is 18.1 Å². The summed E-state index contributed by atoms with van der Waals surface area (Å²) in [7, 11) is 3.91. The van der Waals surface area contributed by atoms with Gasteiger partial charge in [-0.25, -0.2) is 4.90 Å². The Kier molecular flexibility index (Phi) is 5.18. The van der Waals surface area contributed by atoms with E-state index >= 15 is 0 Å². The fraction of sp³-hybridized carbons (Fsp3) is 0.238. The lowest BCUT2D eigenvalue weighted by Crippen LogP contribution is -2.31. The Morgan fingerprint density at radius 2 is 1.54 bits per heavy atom. The molecular formula is C21H22N2O2S. The maximum atomic E-state index is 13.1. The van der Waals surface area contributed by atoms with Crippen LogP contribution >= 0.6 is 11.8 Å². The van der Waals surface area contributed by atoms with Crippen molar-refractivity contribution in [1.82, 2.24) is 0 Å². The van der Waals surface area contributed by atoms with Gasteiger partial charge in [0.25, 0.3) is 11.8 Å². The van der Waals surface area contributed by atoms with E-state index in [2.05, 4.69) is 0 Å². The Morgan fingerprint density at radius 1 is 0.923 bits per heavy atom. The minimum atomic E-state index is -0.257. The summed E-state index contributed by atoms with van der Waals surface area (Å²) in [6, 6.07) is 15.2.